The van der Waals surface area contributed by atoms with Gasteiger partial charge in [-0.2, -0.15) is 0 Å². The summed E-state index contributed by atoms with van der Waals surface area (Å²) in [4.78, 5) is 25.6. The lowest BCUT2D eigenvalue weighted by Gasteiger charge is -2.34. The second-order valence-corrected chi connectivity index (χ2v) is 7.43. The summed E-state index contributed by atoms with van der Waals surface area (Å²) in [6.45, 7) is 5.75. The molecule has 2 heterocycles. The van der Waals surface area contributed by atoms with E-state index in [4.69, 9.17) is 14.2 Å². The van der Waals surface area contributed by atoms with E-state index in [1.807, 2.05) is 42.2 Å². The number of carbonyl (C=O) groups is 1. The largest absolute Gasteiger partial charge is 0.490 e. The van der Waals surface area contributed by atoms with Crippen molar-refractivity contribution in [2.45, 2.75) is 6.92 Å². The Labute approximate surface area is 193 Å². The van der Waals surface area contributed by atoms with Gasteiger partial charge in [0.1, 0.15) is 19.0 Å². The van der Waals surface area contributed by atoms with E-state index in [0.29, 0.717) is 69.0 Å². The van der Waals surface area contributed by atoms with E-state index in [1.54, 1.807) is 36.7 Å². The molecule has 1 aliphatic heterocycles. The van der Waals surface area contributed by atoms with Crippen LogP contribution in [0.5, 0.6) is 17.2 Å². The monoisotopic (exact) mass is 448 g/mol. The van der Waals surface area contributed by atoms with Crippen LogP contribution in [-0.4, -0.2) is 66.8 Å². The highest BCUT2D eigenvalue weighted by atomic mass is 16.5. The Balaban J connectivity index is 1.33. The van der Waals surface area contributed by atoms with Crippen molar-refractivity contribution >= 4 is 11.9 Å². The molecule has 0 spiro atoms. The number of amides is 1. The molecule has 8 heteroatoms. The highest BCUT2D eigenvalue weighted by Crippen LogP contribution is 2.29. The number of rotatable bonds is 9. The maximum Gasteiger partial charge on any atom is 0.254 e. The quantitative estimate of drug-likeness (QED) is 0.465. The third-order valence-electron chi connectivity index (χ3n) is 5.25. The van der Waals surface area contributed by atoms with Gasteiger partial charge in [0.05, 0.1) is 6.61 Å². The molecule has 1 fully saturated rings. The van der Waals surface area contributed by atoms with Crippen LogP contribution in [0.1, 0.15) is 17.3 Å². The third kappa shape index (κ3) is 5.91. The highest BCUT2D eigenvalue weighted by Gasteiger charge is 2.24. The number of hydrogen-bond donors (Lipinski definition) is 0. The number of benzene rings is 2. The van der Waals surface area contributed by atoms with Gasteiger partial charge in [-0.15, -0.1) is 0 Å². The second kappa shape index (κ2) is 11.2. The Morgan fingerprint density at radius 2 is 1.58 bits per heavy atom. The lowest BCUT2D eigenvalue weighted by molar-refractivity contribution is 0.0745. The van der Waals surface area contributed by atoms with Crippen molar-refractivity contribution in [1.29, 1.82) is 0 Å². The van der Waals surface area contributed by atoms with E-state index in [1.165, 1.54) is 0 Å². The summed E-state index contributed by atoms with van der Waals surface area (Å²) in [6.07, 6.45) is 3.46. The Kier molecular flexibility index (Phi) is 7.58. The summed E-state index contributed by atoms with van der Waals surface area (Å²) in [7, 11) is 0. The number of ether oxygens (including phenoxy) is 3. The number of hydrogen-bond acceptors (Lipinski definition) is 7. The van der Waals surface area contributed by atoms with Crippen LogP contribution in [0.2, 0.25) is 0 Å². The first-order valence-electron chi connectivity index (χ1n) is 11.1. The van der Waals surface area contributed by atoms with E-state index in [2.05, 4.69) is 14.9 Å². The minimum Gasteiger partial charge on any atom is -0.490 e. The van der Waals surface area contributed by atoms with Gasteiger partial charge in [-0.25, -0.2) is 9.97 Å². The van der Waals surface area contributed by atoms with Crippen LogP contribution in [0.3, 0.4) is 0 Å². The van der Waals surface area contributed by atoms with Crippen molar-refractivity contribution in [2.75, 3.05) is 50.9 Å². The zero-order valence-corrected chi connectivity index (χ0v) is 18.7. The summed E-state index contributed by atoms with van der Waals surface area (Å²) in [5.41, 5.74) is 0.579. The van der Waals surface area contributed by atoms with Crippen molar-refractivity contribution in [3.05, 3.63) is 72.6 Å². The fraction of sp³-hybridized carbons (Fsp3) is 0.320. The molecule has 1 saturated heterocycles. The lowest BCUT2D eigenvalue weighted by atomic mass is 10.1. The van der Waals surface area contributed by atoms with Gasteiger partial charge in [0, 0.05) is 44.1 Å². The summed E-state index contributed by atoms with van der Waals surface area (Å²) < 4.78 is 17.3. The van der Waals surface area contributed by atoms with Gasteiger partial charge < -0.3 is 24.0 Å². The van der Waals surface area contributed by atoms with Crippen molar-refractivity contribution in [3.8, 4) is 17.2 Å². The van der Waals surface area contributed by atoms with E-state index in [0.717, 1.165) is 5.75 Å². The molecule has 1 amide bonds. The zero-order valence-electron chi connectivity index (χ0n) is 18.7. The molecule has 0 aliphatic carbocycles. The first-order chi connectivity index (χ1) is 16.2. The normalized spacial score (nSPS) is 13.5. The molecule has 0 atom stereocenters. The molecular weight excluding hydrogens is 420 g/mol. The molecular formula is C25H28N4O4. The Morgan fingerprint density at radius 1 is 0.848 bits per heavy atom. The van der Waals surface area contributed by atoms with E-state index >= 15 is 0 Å². The van der Waals surface area contributed by atoms with E-state index in [9.17, 15) is 4.79 Å². The number of piperazine rings is 1. The SMILES string of the molecule is CCOc1cc(C(=O)N2CCN(c3ncccn3)CC2)ccc1OCCOc1ccccc1. The summed E-state index contributed by atoms with van der Waals surface area (Å²) in [5, 5.41) is 0. The average Bonchev–Trinajstić information content (AvgIpc) is 2.88. The molecule has 0 saturated carbocycles. The van der Waals surface area contributed by atoms with Gasteiger partial charge in [-0.3, -0.25) is 4.79 Å². The molecule has 0 unspecified atom stereocenters. The van der Waals surface area contributed by atoms with Gasteiger partial charge in [-0.1, -0.05) is 18.2 Å². The smallest absolute Gasteiger partial charge is 0.254 e. The fourth-order valence-corrected chi connectivity index (χ4v) is 3.60. The predicted molar refractivity (Wildman–Crippen MR) is 125 cm³/mol. The van der Waals surface area contributed by atoms with E-state index < -0.39 is 0 Å². The molecule has 1 aromatic heterocycles. The Bertz CT molecular complexity index is 1030. The van der Waals surface area contributed by atoms with Crippen LogP contribution in [0, 0.1) is 0 Å². The summed E-state index contributed by atoms with van der Waals surface area (Å²) in [6, 6.07) is 16.7. The Hall–Kier alpha value is -3.81. The maximum absolute atomic E-state index is 13.1. The lowest BCUT2D eigenvalue weighted by Crippen LogP contribution is -2.49. The Morgan fingerprint density at radius 3 is 2.30 bits per heavy atom. The third-order valence-corrected chi connectivity index (χ3v) is 5.25. The van der Waals surface area contributed by atoms with Gasteiger partial charge in [0.2, 0.25) is 5.95 Å². The molecule has 0 N–H and O–H groups in total. The van der Waals surface area contributed by atoms with E-state index in [-0.39, 0.29) is 5.91 Å². The van der Waals surface area contributed by atoms with Crippen LogP contribution in [-0.2, 0) is 0 Å². The van der Waals surface area contributed by atoms with Gasteiger partial charge in [-0.05, 0) is 43.3 Å². The fourth-order valence-electron chi connectivity index (χ4n) is 3.60. The molecule has 3 aromatic rings. The van der Waals surface area contributed by atoms with Crippen LogP contribution in [0.4, 0.5) is 5.95 Å². The number of nitrogens with zero attached hydrogens (tertiary/aromatic N) is 4. The van der Waals surface area contributed by atoms with Crippen LogP contribution >= 0.6 is 0 Å². The van der Waals surface area contributed by atoms with Crippen molar-refractivity contribution in [1.82, 2.24) is 14.9 Å². The van der Waals surface area contributed by atoms with Crippen molar-refractivity contribution in [2.24, 2.45) is 0 Å². The molecule has 4 rings (SSSR count). The van der Waals surface area contributed by atoms with Crippen LogP contribution in [0.25, 0.3) is 0 Å². The molecule has 8 nitrogen and oxygen atoms in total. The molecule has 0 radical (unpaired) electrons. The van der Waals surface area contributed by atoms with Gasteiger partial charge in [0.25, 0.3) is 5.91 Å². The standard InChI is InChI=1S/C25H28N4O4/c1-2-31-23-19-20(9-10-22(23)33-18-17-32-21-7-4-3-5-8-21)24(30)28-13-15-29(16-14-28)25-26-11-6-12-27-25/h3-12,19H,2,13-18H2,1H3. The minimum absolute atomic E-state index is 0.0245. The summed E-state index contributed by atoms with van der Waals surface area (Å²) >= 11 is 0. The number of para-hydroxylation sites is 1. The average molecular weight is 449 g/mol. The zero-order chi connectivity index (χ0) is 22.9. The van der Waals surface area contributed by atoms with Gasteiger partial charge >= 0.3 is 0 Å². The molecule has 0 bridgehead atoms. The minimum atomic E-state index is -0.0245. The van der Waals surface area contributed by atoms with Crippen LogP contribution in [0.15, 0.2) is 67.0 Å². The second-order valence-electron chi connectivity index (χ2n) is 7.43. The van der Waals surface area contributed by atoms with Crippen molar-refractivity contribution in [3.63, 3.8) is 0 Å². The van der Waals surface area contributed by atoms with Gasteiger partial charge in [0.15, 0.2) is 11.5 Å². The molecule has 2 aromatic carbocycles. The predicted octanol–water partition coefficient (Wildman–Crippen LogP) is 3.30. The summed E-state index contributed by atoms with van der Waals surface area (Å²) in [5.74, 6) is 2.62. The highest BCUT2D eigenvalue weighted by molar-refractivity contribution is 5.95. The molecule has 172 valence electrons. The van der Waals surface area contributed by atoms with Crippen LogP contribution < -0.4 is 19.1 Å². The number of aromatic nitrogens is 2. The van der Waals surface area contributed by atoms with Crippen molar-refractivity contribution < 1.29 is 19.0 Å². The molecule has 1 aliphatic rings. The number of anilines is 1. The number of carbonyl (C=O) groups excluding carboxylic acids is 1. The topological polar surface area (TPSA) is 77.0 Å². The first kappa shape index (κ1) is 22.4. The first-order valence-corrected chi connectivity index (χ1v) is 11.1. The maximum atomic E-state index is 13.1. The molecule has 33 heavy (non-hydrogen) atoms.